The molecule has 1 fully saturated rings. The Hall–Kier alpha value is -3.25. The zero-order valence-corrected chi connectivity index (χ0v) is 22.9. The zero-order valence-electron chi connectivity index (χ0n) is 22.0. The van der Waals surface area contributed by atoms with Crippen molar-refractivity contribution in [2.75, 3.05) is 30.5 Å². The Morgan fingerprint density at radius 2 is 1.72 bits per heavy atom. The number of rotatable bonds is 6. The molecule has 12 heteroatoms. The first-order valence-electron chi connectivity index (χ1n) is 12.4. The molecule has 2 aromatic rings. The van der Waals surface area contributed by atoms with Crippen LogP contribution in [0.1, 0.15) is 38.3 Å². The van der Waals surface area contributed by atoms with E-state index >= 15 is 4.39 Å². The van der Waals surface area contributed by atoms with Crippen molar-refractivity contribution >= 4 is 39.9 Å². The molecule has 0 N–H and O–H groups in total. The number of hydrogen-bond donors (Lipinski definition) is 0. The lowest BCUT2D eigenvalue weighted by molar-refractivity contribution is -0.0596. The number of hydrogen-bond acceptors (Lipinski definition) is 6. The Labute approximate surface area is 227 Å². The molecule has 2 aromatic carbocycles. The van der Waals surface area contributed by atoms with Gasteiger partial charge in [0.15, 0.2) is 0 Å². The molecule has 4 rings (SSSR count). The second-order valence-electron chi connectivity index (χ2n) is 10.2. The van der Waals surface area contributed by atoms with E-state index in [2.05, 4.69) is 20.4 Å². The summed E-state index contributed by atoms with van der Waals surface area (Å²) in [6, 6.07) is 13.8. The van der Waals surface area contributed by atoms with Crippen LogP contribution in [-0.4, -0.2) is 70.5 Å². The van der Waals surface area contributed by atoms with Gasteiger partial charge in [0.2, 0.25) is 0 Å². The van der Waals surface area contributed by atoms with Gasteiger partial charge in [0.1, 0.15) is 17.1 Å². The number of ether oxygens (including phenoxy) is 1. The van der Waals surface area contributed by atoms with Gasteiger partial charge in [0.25, 0.3) is 0 Å². The first-order valence-corrected chi connectivity index (χ1v) is 13.7. The van der Waals surface area contributed by atoms with E-state index < -0.39 is 40.6 Å². The van der Waals surface area contributed by atoms with Crippen LogP contribution in [0.25, 0.3) is 0 Å². The maximum Gasteiger partial charge on any atom is 0.431 e. The molecule has 0 aliphatic carbocycles. The normalized spacial score (nSPS) is 17.5. The number of halogens is 4. The number of anilines is 1. The molecule has 0 aromatic heterocycles. The molecule has 0 saturated carbocycles. The Kier molecular flexibility index (Phi) is 8.45. The van der Waals surface area contributed by atoms with Gasteiger partial charge in [-0.1, -0.05) is 30.3 Å². The Morgan fingerprint density at radius 3 is 2.28 bits per heavy atom. The van der Waals surface area contributed by atoms with Gasteiger partial charge in [-0.05, 0) is 55.7 Å². The van der Waals surface area contributed by atoms with Crippen LogP contribution in [0.4, 0.5) is 28.0 Å². The van der Waals surface area contributed by atoms with Crippen molar-refractivity contribution in [1.82, 2.24) is 9.21 Å². The van der Waals surface area contributed by atoms with E-state index in [-0.39, 0.29) is 23.9 Å². The number of alkyl halides is 3. The lowest BCUT2D eigenvalue weighted by Gasteiger charge is -2.40. The van der Waals surface area contributed by atoms with Gasteiger partial charge in [0.05, 0.1) is 12.3 Å². The minimum absolute atomic E-state index is 0.0764. The minimum Gasteiger partial charge on any atom is -0.444 e. The second kappa shape index (κ2) is 11.5. The Morgan fingerprint density at radius 1 is 1.05 bits per heavy atom. The molecule has 1 unspecified atom stereocenters. The third kappa shape index (κ3) is 7.24. The van der Waals surface area contributed by atoms with Crippen molar-refractivity contribution in [2.24, 2.45) is 10.2 Å². The van der Waals surface area contributed by atoms with Crippen molar-refractivity contribution in [1.29, 1.82) is 0 Å². The predicted octanol–water partition coefficient (Wildman–Crippen LogP) is 6.03. The molecular formula is C27H31F4N5O2S. The molecule has 2 aliphatic heterocycles. The molecule has 210 valence electrons. The summed E-state index contributed by atoms with van der Waals surface area (Å²) in [5.74, 6) is 3.83. The monoisotopic (exact) mass is 565 g/mol. The summed E-state index contributed by atoms with van der Waals surface area (Å²) in [6.07, 6.45) is -5.41. The molecule has 0 bridgehead atoms. The van der Waals surface area contributed by atoms with Crippen LogP contribution >= 0.6 is 10.9 Å². The van der Waals surface area contributed by atoms with Gasteiger partial charge >= 0.3 is 12.3 Å². The van der Waals surface area contributed by atoms with Crippen LogP contribution in [0.3, 0.4) is 0 Å². The fourth-order valence-electron chi connectivity index (χ4n) is 4.11. The highest BCUT2D eigenvalue weighted by Crippen LogP contribution is 2.34. The smallest absolute Gasteiger partial charge is 0.431 e. The van der Waals surface area contributed by atoms with Gasteiger partial charge in [0, 0.05) is 49.4 Å². The van der Waals surface area contributed by atoms with E-state index in [1.807, 2.05) is 55.4 Å². The van der Waals surface area contributed by atoms with Crippen LogP contribution in [0.5, 0.6) is 0 Å². The number of carbonyl (C=O) groups is 1. The number of para-hydroxylation sites is 1. The summed E-state index contributed by atoms with van der Waals surface area (Å²) >= 11 is 0. The second-order valence-corrected chi connectivity index (χ2v) is 11.8. The van der Waals surface area contributed by atoms with E-state index in [1.165, 1.54) is 6.07 Å². The summed E-state index contributed by atoms with van der Waals surface area (Å²) in [6.45, 7) is 7.75. The average Bonchev–Trinajstić information content (AvgIpc) is 3.38. The van der Waals surface area contributed by atoms with Crippen LogP contribution in [-0.2, 0) is 11.3 Å². The average molecular weight is 566 g/mol. The highest BCUT2D eigenvalue weighted by atomic mass is 32.2. The van der Waals surface area contributed by atoms with Gasteiger partial charge in [-0.25, -0.2) is 13.5 Å². The Balaban J connectivity index is 1.47. The summed E-state index contributed by atoms with van der Waals surface area (Å²) in [5, 5.41) is 6.83. The summed E-state index contributed by atoms with van der Waals surface area (Å²) in [4.78, 5) is 14.1. The van der Waals surface area contributed by atoms with Crippen molar-refractivity contribution in [3.05, 3.63) is 65.5 Å². The molecule has 1 saturated heterocycles. The molecule has 0 spiro atoms. The van der Waals surface area contributed by atoms with Gasteiger partial charge < -0.3 is 13.9 Å². The van der Waals surface area contributed by atoms with E-state index in [0.29, 0.717) is 31.7 Å². The molecular weight excluding hydrogens is 534 g/mol. The van der Waals surface area contributed by atoms with E-state index in [4.69, 9.17) is 4.74 Å². The number of piperazine rings is 1. The van der Waals surface area contributed by atoms with E-state index in [9.17, 15) is 18.0 Å². The maximum absolute atomic E-state index is 15.3. The Bertz CT molecular complexity index is 1280. The summed E-state index contributed by atoms with van der Waals surface area (Å²) in [5.41, 5.74) is -0.0223. The van der Waals surface area contributed by atoms with Gasteiger partial charge in [-0.3, -0.25) is 0 Å². The third-order valence-electron chi connectivity index (χ3n) is 6.14. The van der Waals surface area contributed by atoms with Gasteiger partial charge in [-0.2, -0.15) is 18.3 Å². The van der Waals surface area contributed by atoms with Crippen molar-refractivity contribution in [2.45, 2.75) is 45.5 Å². The van der Waals surface area contributed by atoms with E-state index in [1.54, 1.807) is 17.0 Å². The van der Waals surface area contributed by atoms with Crippen LogP contribution in [0.2, 0.25) is 0 Å². The minimum atomic E-state index is -4.57. The highest BCUT2D eigenvalue weighted by Gasteiger charge is 2.39. The standard InChI is InChI=1S/C27H31F4N5O2S/c1-26(2,3)38-25(37)34-12-14-35(15-13-34)39(4)36(21-8-6-5-7-9-21)18-20-11-10-19(16-22(20)28)23-17-24(33-32-23)27(29,30)31/h5-11,16H,4,12-15,17-18H2,1-3H3. The molecule has 39 heavy (non-hydrogen) atoms. The van der Waals surface area contributed by atoms with E-state index in [0.717, 1.165) is 5.69 Å². The summed E-state index contributed by atoms with van der Waals surface area (Å²) in [7, 11) is -0.719. The highest BCUT2D eigenvalue weighted by molar-refractivity contribution is 8.13. The molecule has 2 heterocycles. The number of carbonyl (C=O) groups excluding carboxylic acids is 1. The lowest BCUT2D eigenvalue weighted by Crippen LogP contribution is -2.49. The molecule has 0 radical (unpaired) electrons. The molecule has 1 atom stereocenters. The number of benzene rings is 2. The maximum atomic E-state index is 15.3. The molecule has 7 nitrogen and oxygen atoms in total. The fraction of sp³-hybridized carbons (Fsp3) is 0.407. The number of amides is 1. The fourth-order valence-corrected chi connectivity index (χ4v) is 5.62. The SMILES string of the molecule is C=S(N1CCN(C(=O)OC(C)(C)C)CC1)N(Cc1ccc(C2=NN=C(C(F)(F)F)C2)cc1F)c1ccccc1. The first-order chi connectivity index (χ1) is 18.3. The molecule has 1 amide bonds. The van der Waals surface area contributed by atoms with Gasteiger partial charge in [-0.15, -0.1) is 5.10 Å². The molecule has 2 aliphatic rings. The lowest BCUT2D eigenvalue weighted by atomic mass is 10.0. The quantitative estimate of drug-likeness (QED) is 0.317. The van der Waals surface area contributed by atoms with Crippen molar-refractivity contribution < 1.29 is 27.1 Å². The first kappa shape index (κ1) is 28.8. The zero-order chi connectivity index (χ0) is 28.4. The summed E-state index contributed by atoms with van der Waals surface area (Å²) < 4.78 is 63.7. The van der Waals surface area contributed by atoms with Crippen LogP contribution < -0.4 is 4.31 Å². The predicted molar refractivity (Wildman–Crippen MR) is 148 cm³/mol. The third-order valence-corrected chi connectivity index (χ3v) is 7.95. The van der Waals surface area contributed by atoms with Crippen molar-refractivity contribution in [3.8, 4) is 0 Å². The number of nitrogens with zero attached hydrogens (tertiary/aromatic N) is 5. The van der Waals surface area contributed by atoms with Crippen molar-refractivity contribution in [3.63, 3.8) is 0 Å². The van der Waals surface area contributed by atoms with Crippen LogP contribution in [0.15, 0.2) is 58.7 Å². The largest absolute Gasteiger partial charge is 0.444 e. The topological polar surface area (TPSA) is 60.7 Å². The van der Waals surface area contributed by atoms with Crippen LogP contribution in [0, 0.1) is 5.82 Å².